The lowest BCUT2D eigenvalue weighted by molar-refractivity contribution is 0.457. The molecule has 4 aliphatic carbocycles. The van der Waals surface area contributed by atoms with Crippen LogP contribution >= 0.6 is 0 Å². The molecule has 0 bridgehead atoms. The van der Waals surface area contributed by atoms with Crippen LogP contribution in [0.2, 0.25) is 0 Å². The van der Waals surface area contributed by atoms with Gasteiger partial charge in [-0.3, -0.25) is 0 Å². The van der Waals surface area contributed by atoms with Gasteiger partial charge in [-0.05, 0) is 93.1 Å². The highest BCUT2D eigenvalue weighted by Gasteiger charge is 2.50. The van der Waals surface area contributed by atoms with Crippen molar-refractivity contribution in [2.24, 2.45) is 5.92 Å². The lowest BCUT2D eigenvalue weighted by Gasteiger charge is -2.40. The number of anilines is 3. The highest BCUT2D eigenvalue weighted by molar-refractivity contribution is 5.99. The Labute approximate surface area is 349 Å². The number of benzene rings is 7. The molecule has 0 amide bonds. The molecule has 11 rings (SSSR count). The average molecular weight is 758 g/mol. The molecular formula is C58H47N. The van der Waals surface area contributed by atoms with Crippen LogP contribution in [0.3, 0.4) is 0 Å². The zero-order valence-electron chi connectivity index (χ0n) is 33.7. The van der Waals surface area contributed by atoms with E-state index in [4.69, 9.17) is 0 Å². The number of nitrogens with zero attached hydrogens (tertiary/aromatic N) is 1. The summed E-state index contributed by atoms with van der Waals surface area (Å²) in [6.07, 6.45) is 16.1. The van der Waals surface area contributed by atoms with E-state index in [0.717, 1.165) is 12.8 Å². The van der Waals surface area contributed by atoms with E-state index in [9.17, 15) is 0 Å². The maximum atomic E-state index is 2.58. The lowest BCUT2D eigenvalue weighted by atomic mass is 9.62. The molecule has 1 nitrogen and oxygen atoms in total. The smallest absolute Gasteiger partial charge is 0.0543 e. The molecular weight excluding hydrogens is 711 g/mol. The summed E-state index contributed by atoms with van der Waals surface area (Å²) >= 11 is 0. The van der Waals surface area contributed by atoms with Gasteiger partial charge in [0.05, 0.1) is 16.8 Å². The quantitative estimate of drug-likeness (QED) is 0.157. The van der Waals surface area contributed by atoms with E-state index in [1.54, 1.807) is 0 Å². The molecule has 7 aromatic rings. The van der Waals surface area contributed by atoms with Gasteiger partial charge in [-0.15, -0.1) is 0 Å². The zero-order chi connectivity index (χ0) is 39.6. The van der Waals surface area contributed by atoms with Crippen LogP contribution in [-0.4, -0.2) is 0 Å². The summed E-state index contributed by atoms with van der Waals surface area (Å²) in [4.78, 5) is 2.58. The second kappa shape index (κ2) is 14.0. The van der Waals surface area contributed by atoms with Crippen molar-refractivity contribution in [3.8, 4) is 22.3 Å². The fourth-order valence-corrected chi connectivity index (χ4v) is 11.1. The second-order valence-electron chi connectivity index (χ2n) is 17.1. The van der Waals surface area contributed by atoms with E-state index in [2.05, 4.69) is 231 Å². The van der Waals surface area contributed by atoms with Crippen molar-refractivity contribution in [2.75, 3.05) is 4.90 Å². The summed E-state index contributed by atoms with van der Waals surface area (Å²) in [6.45, 7) is 4.89. The van der Waals surface area contributed by atoms with E-state index >= 15 is 0 Å². The number of para-hydroxylation sites is 1. The van der Waals surface area contributed by atoms with E-state index in [0.29, 0.717) is 5.92 Å². The third-order valence-electron chi connectivity index (χ3n) is 13.8. The van der Waals surface area contributed by atoms with Gasteiger partial charge >= 0.3 is 0 Å². The van der Waals surface area contributed by atoms with Crippen molar-refractivity contribution >= 4 is 22.6 Å². The van der Waals surface area contributed by atoms with Crippen molar-refractivity contribution in [3.63, 3.8) is 0 Å². The first-order valence-corrected chi connectivity index (χ1v) is 21.2. The summed E-state index contributed by atoms with van der Waals surface area (Å²) in [6, 6.07) is 65.8. The lowest BCUT2D eigenvalue weighted by Crippen LogP contribution is -2.35. The minimum Gasteiger partial charge on any atom is -0.309 e. The van der Waals surface area contributed by atoms with E-state index in [-0.39, 0.29) is 16.7 Å². The molecule has 0 radical (unpaired) electrons. The predicted octanol–water partition coefficient (Wildman–Crippen LogP) is 15.1. The maximum absolute atomic E-state index is 2.58. The highest BCUT2D eigenvalue weighted by Crippen LogP contribution is 2.62. The van der Waals surface area contributed by atoms with Gasteiger partial charge in [0.25, 0.3) is 0 Å². The van der Waals surface area contributed by atoms with Crippen LogP contribution in [0, 0.1) is 5.92 Å². The van der Waals surface area contributed by atoms with Gasteiger partial charge in [0.1, 0.15) is 0 Å². The molecule has 7 aromatic carbocycles. The SMILES string of the molecule is CC1(C)C2=C(C=CC(c3ccccc3)C2)c2ccc(N(c3ccccc3-c3ccccc3)c3cccc4c3-c3ccccc3C4(c3ccccc3)C3C=CC=CC3)cc21. The van der Waals surface area contributed by atoms with Gasteiger partial charge in [-0.25, -0.2) is 0 Å². The molecule has 1 heteroatoms. The topological polar surface area (TPSA) is 3.24 Å². The number of allylic oxidation sites excluding steroid dienone is 8. The number of fused-ring (bicyclic) bond motifs is 5. The fraction of sp³-hybridized carbons (Fsp3) is 0.138. The summed E-state index contributed by atoms with van der Waals surface area (Å²) in [7, 11) is 0. The summed E-state index contributed by atoms with van der Waals surface area (Å²) in [5.74, 6) is 0.632. The van der Waals surface area contributed by atoms with E-state index in [1.165, 1.54) is 83.8 Å². The summed E-state index contributed by atoms with van der Waals surface area (Å²) in [5.41, 5.74) is 19.2. The monoisotopic (exact) mass is 757 g/mol. The van der Waals surface area contributed by atoms with Crippen LogP contribution in [0.5, 0.6) is 0 Å². The second-order valence-corrected chi connectivity index (χ2v) is 17.1. The molecule has 59 heavy (non-hydrogen) atoms. The number of hydrogen-bond acceptors (Lipinski definition) is 1. The van der Waals surface area contributed by atoms with Crippen LogP contribution in [0.15, 0.2) is 218 Å². The molecule has 0 aliphatic heterocycles. The van der Waals surface area contributed by atoms with Crippen LogP contribution in [0.25, 0.3) is 27.8 Å². The minimum absolute atomic E-state index is 0.127. The standard InChI is InChI=1S/C58H47N/c1-57(2)52-38-42(40-20-7-3-8-21-40)34-36-47(52)48-37-35-45(39-53(48)57)59(54-32-18-16-28-46(54)41-22-9-4-10-23-41)55-33-19-31-51-56(55)49-29-15-17-30-50(49)58(51,43-24-11-5-12-25-43)44-26-13-6-14-27-44/h3-26,28-37,39,42,44H,27,38H2,1-2H3. The number of rotatable bonds is 7. The molecule has 0 heterocycles. The van der Waals surface area contributed by atoms with Crippen molar-refractivity contribution < 1.29 is 0 Å². The highest BCUT2D eigenvalue weighted by atomic mass is 15.1. The van der Waals surface area contributed by atoms with E-state index in [1.807, 2.05) is 0 Å². The van der Waals surface area contributed by atoms with Crippen LogP contribution in [0.4, 0.5) is 17.1 Å². The van der Waals surface area contributed by atoms with Crippen molar-refractivity contribution in [3.05, 3.63) is 251 Å². The molecule has 0 fully saturated rings. The van der Waals surface area contributed by atoms with Gasteiger partial charge in [-0.2, -0.15) is 0 Å². The van der Waals surface area contributed by atoms with Crippen LogP contribution in [-0.2, 0) is 10.8 Å². The fourth-order valence-electron chi connectivity index (χ4n) is 11.1. The first kappa shape index (κ1) is 35.5. The molecule has 284 valence electrons. The Kier molecular flexibility index (Phi) is 8.41. The molecule has 0 N–H and O–H groups in total. The Balaban J connectivity index is 1.14. The molecule has 4 aliphatic rings. The van der Waals surface area contributed by atoms with Crippen LogP contribution < -0.4 is 4.90 Å². The largest absolute Gasteiger partial charge is 0.309 e. The zero-order valence-corrected chi connectivity index (χ0v) is 33.7. The Morgan fingerprint density at radius 3 is 2.00 bits per heavy atom. The van der Waals surface area contributed by atoms with Crippen molar-refractivity contribution in [1.82, 2.24) is 0 Å². The molecule has 0 aromatic heterocycles. The molecule has 3 unspecified atom stereocenters. The number of hydrogen-bond donors (Lipinski definition) is 0. The third kappa shape index (κ3) is 5.45. The van der Waals surface area contributed by atoms with Gasteiger partial charge in [-0.1, -0.05) is 208 Å². The normalized spacial score (nSPS) is 20.5. The Bertz CT molecular complexity index is 2860. The summed E-state index contributed by atoms with van der Waals surface area (Å²) < 4.78 is 0. The van der Waals surface area contributed by atoms with Gasteiger partial charge < -0.3 is 4.90 Å². The van der Waals surface area contributed by atoms with Crippen molar-refractivity contribution in [2.45, 2.75) is 43.4 Å². The average Bonchev–Trinajstić information content (AvgIpc) is 3.73. The van der Waals surface area contributed by atoms with Crippen molar-refractivity contribution in [1.29, 1.82) is 0 Å². The Morgan fingerprint density at radius 1 is 0.542 bits per heavy atom. The molecule has 0 spiro atoms. The molecule has 0 saturated heterocycles. The van der Waals surface area contributed by atoms with Gasteiger partial charge in [0, 0.05) is 28.1 Å². The first-order valence-electron chi connectivity index (χ1n) is 21.2. The Hall–Kier alpha value is -6.70. The van der Waals surface area contributed by atoms with Crippen LogP contribution in [0.1, 0.15) is 66.0 Å². The maximum Gasteiger partial charge on any atom is 0.0543 e. The first-order chi connectivity index (χ1) is 29.0. The predicted molar refractivity (Wildman–Crippen MR) is 248 cm³/mol. The Morgan fingerprint density at radius 2 is 1.22 bits per heavy atom. The van der Waals surface area contributed by atoms with E-state index < -0.39 is 0 Å². The van der Waals surface area contributed by atoms with Gasteiger partial charge in [0.15, 0.2) is 0 Å². The minimum atomic E-state index is -0.362. The molecule has 0 saturated carbocycles. The molecule has 3 atom stereocenters. The van der Waals surface area contributed by atoms with Gasteiger partial charge in [0.2, 0.25) is 0 Å². The summed E-state index contributed by atoms with van der Waals surface area (Å²) in [5, 5.41) is 0. The third-order valence-corrected chi connectivity index (χ3v) is 13.8.